The van der Waals surface area contributed by atoms with E-state index in [-0.39, 0.29) is 18.2 Å². The maximum atomic E-state index is 12.2. The standard InChI is InChI=1S/C22H30N2O4/c1-22(26,17-6-4-3-5-7-17)15-24-20(25)12-13-21-23-14-19(28-21)16-8-10-18(27-2)11-9-16/h8-11,14,17,26H,3-7,12-13,15H2,1-2H3,(H,24,25). The number of rotatable bonds is 8. The summed E-state index contributed by atoms with van der Waals surface area (Å²) in [6.07, 6.45) is 8.01. The SMILES string of the molecule is COc1ccc(-c2cnc(CCC(=O)NCC(C)(O)C3CCCCC3)o2)cc1. The number of amides is 1. The molecule has 2 N–H and O–H groups in total. The molecule has 0 spiro atoms. The third-order valence-electron chi connectivity index (χ3n) is 5.62. The lowest BCUT2D eigenvalue weighted by Crippen LogP contribution is -2.46. The number of hydrogen-bond acceptors (Lipinski definition) is 5. The largest absolute Gasteiger partial charge is 0.497 e. The van der Waals surface area contributed by atoms with Crippen LogP contribution in [0.3, 0.4) is 0 Å². The molecule has 28 heavy (non-hydrogen) atoms. The predicted octanol–water partition coefficient (Wildman–Crippen LogP) is 3.73. The highest BCUT2D eigenvalue weighted by Gasteiger charge is 2.32. The number of aliphatic hydroxyl groups is 1. The Labute approximate surface area is 166 Å². The molecule has 3 rings (SSSR count). The number of carbonyl (C=O) groups excluding carboxylic acids is 1. The van der Waals surface area contributed by atoms with Crippen molar-refractivity contribution in [1.82, 2.24) is 10.3 Å². The van der Waals surface area contributed by atoms with Gasteiger partial charge in [0.25, 0.3) is 0 Å². The smallest absolute Gasteiger partial charge is 0.220 e. The average Bonchev–Trinajstić information content (AvgIpc) is 3.20. The Bertz CT molecular complexity index is 761. The summed E-state index contributed by atoms with van der Waals surface area (Å²) < 4.78 is 10.9. The molecule has 1 aliphatic carbocycles. The Morgan fingerprint density at radius 2 is 2.00 bits per heavy atom. The molecule has 1 aliphatic rings. The van der Waals surface area contributed by atoms with E-state index >= 15 is 0 Å². The first kappa shape index (κ1) is 20.4. The molecular formula is C22H30N2O4. The van der Waals surface area contributed by atoms with Crippen molar-refractivity contribution in [3.8, 4) is 17.1 Å². The molecule has 1 fully saturated rings. The van der Waals surface area contributed by atoms with Crippen molar-refractivity contribution >= 4 is 5.91 Å². The zero-order valence-electron chi connectivity index (χ0n) is 16.7. The van der Waals surface area contributed by atoms with Crippen LogP contribution in [0.2, 0.25) is 0 Å². The lowest BCUT2D eigenvalue weighted by molar-refractivity contribution is -0.123. The van der Waals surface area contributed by atoms with Gasteiger partial charge < -0.3 is 19.6 Å². The van der Waals surface area contributed by atoms with Crippen LogP contribution in [0.1, 0.15) is 51.3 Å². The zero-order valence-corrected chi connectivity index (χ0v) is 16.7. The van der Waals surface area contributed by atoms with Gasteiger partial charge >= 0.3 is 0 Å². The lowest BCUT2D eigenvalue weighted by Gasteiger charge is -2.35. The summed E-state index contributed by atoms with van der Waals surface area (Å²) in [5.74, 6) is 2.14. The number of aryl methyl sites for hydroxylation is 1. The number of carbonyl (C=O) groups is 1. The maximum Gasteiger partial charge on any atom is 0.220 e. The molecule has 1 aromatic carbocycles. The second-order valence-electron chi connectivity index (χ2n) is 7.82. The summed E-state index contributed by atoms with van der Waals surface area (Å²) in [4.78, 5) is 16.4. The van der Waals surface area contributed by atoms with E-state index in [1.165, 1.54) is 6.42 Å². The van der Waals surface area contributed by atoms with Gasteiger partial charge in [-0.05, 0) is 49.9 Å². The molecule has 2 aromatic rings. The first-order valence-electron chi connectivity index (χ1n) is 10.1. The van der Waals surface area contributed by atoms with Crippen molar-refractivity contribution in [2.45, 2.75) is 57.5 Å². The molecule has 1 amide bonds. The molecule has 6 heteroatoms. The van der Waals surface area contributed by atoms with E-state index < -0.39 is 5.60 Å². The first-order valence-corrected chi connectivity index (χ1v) is 10.1. The Balaban J connectivity index is 1.46. The Morgan fingerprint density at radius 1 is 1.29 bits per heavy atom. The highest BCUT2D eigenvalue weighted by atomic mass is 16.5. The Morgan fingerprint density at radius 3 is 2.68 bits per heavy atom. The molecule has 1 unspecified atom stereocenters. The Kier molecular flexibility index (Phi) is 6.73. The fourth-order valence-electron chi connectivity index (χ4n) is 3.77. The molecule has 1 heterocycles. The van der Waals surface area contributed by atoms with Gasteiger partial charge in [-0.1, -0.05) is 19.3 Å². The molecule has 0 bridgehead atoms. The predicted molar refractivity (Wildman–Crippen MR) is 107 cm³/mol. The van der Waals surface area contributed by atoms with E-state index in [0.29, 0.717) is 24.6 Å². The Hall–Kier alpha value is -2.34. The molecule has 0 radical (unpaired) electrons. The van der Waals surface area contributed by atoms with Gasteiger partial charge in [0.1, 0.15) is 5.75 Å². The molecule has 1 aromatic heterocycles. The van der Waals surface area contributed by atoms with Gasteiger partial charge in [0, 0.05) is 24.9 Å². The van der Waals surface area contributed by atoms with Crippen molar-refractivity contribution < 1.29 is 19.1 Å². The van der Waals surface area contributed by atoms with E-state index in [1.54, 1.807) is 13.3 Å². The number of hydrogen-bond donors (Lipinski definition) is 2. The number of nitrogens with one attached hydrogen (secondary N) is 1. The van der Waals surface area contributed by atoms with Crippen LogP contribution in [0.5, 0.6) is 5.75 Å². The monoisotopic (exact) mass is 386 g/mol. The maximum absolute atomic E-state index is 12.2. The fraction of sp³-hybridized carbons (Fsp3) is 0.545. The van der Waals surface area contributed by atoms with Gasteiger partial charge in [-0.3, -0.25) is 4.79 Å². The molecule has 1 atom stereocenters. The number of oxazole rings is 1. The van der Waals surface area contributed by atoms with E-state index in [2.05, 4.69) is 10.3 Å². The lowest BCUT2D eigenvalue weighted by atomic mass is 9.78. The van der Waals surface area contributed by atoms with Gasteiger partial charge in [-0.2, -0.15) is 0 Å². The van der Waals surface area contributed by atoms with Crippen LogP contribution in [-0.4, -0.2) is 35.3 Å². The second kappa shape index (κ2) is 9.24. The summed E-state index contributed by atoms with van der Waals surface area (Å²) in [6.45, 7) is 2.12. The van der Waals surface area contributed by atoms with Crippen molar-refractivity contribution in [2.75, 3.05) is 13.7 Å². The minimum absolute atomic E-state index is 0.0970. The van der Waals surface area contributed by atoms with Crippen LogP contribution in [0.25, 0.3) is 11.3 Å². The van der Waals surface area contributed by atoms with Crippen molar-refractivity contribution in [1.29, 1.82) is 0 Å². The van der Waals surface area contributed by atoms with Crippen molar-refractivity contribution in [3.63, 3.8) is 0 Å². The topological polar surface area (TPSA) is 84.6 Å². The van der Waals surface area contributed by atoms with Gasteiger partial charge in [0.2, 0.25) is 5.91 Å². The zero-order chi connectivity index (χ0) is 20.0. The number of benzene rings is 1. The average molecular weight is 386 g/mol. The number of ether oxygens (including phenoxy) is 1. The summed E-state index contributed by atoms with van der Waals surface area (Å²) in [5, 5.41) is 13.6. The first-order chi connectivity index (χ1) is 13.5. The highest BCUT2D eigenvalue weighted by molar-refractivity contribution is 5.76. The van der Waals surface area contributed by atoms with Crippen LogP contribution in [-0.2, 0) is 11.2 Å². The fourth-order valence-corrected chi connectivity index (χ4v) is 3.77. The van der Waals surface area contributed by atoms with E-state index in [4.69, 9.17) is 9.15 Å². The van der Waals surface area contributed by atoms with E-state index in [0.717, 1.165) is 37.0 Å². The quantitative estimate of drug-likeness (QED) is 0.722. The molecule has 1 saturated carbocycles. The van der Waals surface area contributed by atoms with Gasteiger partial charge in [-0.15, -0.1) is 0 Å². The van der Waals surface area contributed by atoms with E-state index in [1.807, 2.05) is 31.2 Å². The minimum Gasteiger partial charge on any atom is -0.497 e. The molecular weight excluding hydrogens is 356 g/mol. The van der Waals surface area contributed by atoms with Crippen LogP contribution in [0.15, 0.2) is 34.9 Å². The number of methoxy groups -OCH3 is 1. The summed E-state index contributed by atoms with van der Waals surface area (Å²) in [6, 6.07) is 7.54. The van der Waals surface area contributed by atoms with Crippen molar-refractivity contribution in [2.24, 2.45) is 5.92 Å². The van der Waals surface area contributed by atoms with Crippen molar-refractivity contribution in [3.05, 3.63) is 36.4 Å². The van der Waals surface area contributed by atoms with E-state index in [9.17, 15) is 9.90 Å². The highest BCUT2D eigenvalue weighted by Crippen LogP contribution is 2.32. The normalized spacial score (nSPS) is 17.1. The summed E-state index contributed by atoms with van der Waals surface area (Å²) >= 11 is 0. The van der Waals surface area contributed by atoms with Crippen LogP contribution in [0.4, 0.5) is 0 Å². The van der Waals surface area contributed by atoms with Crippen LogP contribution in [0, 0.1) is 5.92 Å². The third-order valence-corrected chi connectivity index (χ3v) is 5.62. The molecule has 0 aliphatic heterocycles. The van der Waals surface area contributed by atoms with Gasteiger partial charge in [0.15, 0.2) is 11.7 Å². The number of aromatic nitrogens is 1. The molecule has 0 saturated heterocycles. The minimum atomic E-state index is -0.847. The van der Waals surface area contributed by atoms with Crippen LogP contribution >= 0.6 is 0 Å². The second-order valence-corrected chi connectivity index (χ2v) is 7.82. The van der Waals surface area contributed by atoms with Crippen LogP contribution < -0.4 is 10.1 Å². The summed E-state index contributed by atoms with van der Waals surface area (Å²) in [7, 11) is 1.63. The van der Waals surface area contributed by atoms with Gasteiger partial charge in [0.05, 0.1) is 18.9 Å². The van der Waals surface area contributed by atoms with Gasteiger partial charge in [-0.25, -0.2) is 4.98 Å². The molecule has 6 nitrogen and oxygen atoms in total. The third kappa shape index (κ3) is 5.35. The summed E-state index contributed by atoms with van der Waals surface area (Å²) in [5.41, 5.74) is 0.0631. The molecule has 152 valence electrons. The number of nitrogens with zero attached hydrogens (tertiary/aromatic N) is 1.